The van der Waals surface area contributed by atoms with Gasteiger partial charge in [-0.25, -0.2) is 0 Å². The summed E-state index contributed by atoms with van der Waals surface area (Å²) in [6.07, 6.45) is 0. The van der Waals surface area contributed by atoms with E-state index < -0.39 is 0 Å². The minimum Gasteiger partial charge on any atom is -0.310 e. The van der Waals surface area contributed by atoms with Gasteiger partial charge in [0.15, 0.2) is 0 Å². The number of aromatic nitrogens is 1. The van der Waals surface area contributed by atoms with Gasteiger partial charge in [0.25, 0.3) is 0 Å². The third kappa shape index (κ3) is 4.47. The molecule has 2 radical (unpaired) electrons. The molecule has 0 aliphatic heterocycles. The first-order valence-electron chi connectivity index (χ1n) is 14.6. The normalized spacial score (nSPS) is 11.3. The number of rotatable bonds is 5. The van der Waals surface area contributed by atoms with Crippen molar-refractivity contribution in [3.05, 3.63) is 164 Å². The van der Waals surface area contributed by atoms with Crippen molar-refractivity contribution in [2.45, 2.75) is 0 Å². The van der Waals surface area contributed by atoms with Crippen LogP contribution in [-0.4, -0.2) is 12.4 Å². The number of anilines is 3. The minimum atomic E-state index is 0.747. The highest BCUT2D eigenvalue weighted by molar-refractivity contribution is 6.32. The fraction of sp³-hybridized carbons (Fsp3) is 0. The van der Waals surface area contributed by atoms with Crippen molar-refractivity contribution >= 4 is 62.9 Å². The van der Waals surface area contributed by atoms with E-state index in [0.717, 1.165) is 28.2 Å². The zero-order valence-electron chi connectivity index (χ0n) is 23.6. The van der Waals surface area contributed by atoms with Gasteiger partial charge in [0.2, 0.25) is 0 Å². The quantitative estimate of drug-likeness (QED) is 0.195. The van der Waals surface area contributed by atoms with E-state index >= 15 is 0 Å². The standard InChI is InChI=1S/C40H27BN2/c41-32-18-22-35(23-19-32)42(34-20-16-29(17-21-34)31-15-14-28-8-4-5-9-30(28)26-31)36-24-25-40-38(27-36)37-12-6-7-13-39(37)43(40)33-10-2-1-3-11-33/h1-27H. The molecular weight excluding hydrogens is 519 g/mol. The summed E-state index contributed by atoms with van der Waals surface area (Å²) < 4.78 is 2.35. The van der Waals surface area contributed by atoms with E-state index in [-0.39, 0.29) is 0 Å². The van der Waals surface area contributed by atoms with Crippen LogP contribution in [0.5, 0.6) is 0 Å². The molecule has 8 rings (SSSR count). The van der Waals surface area contributed by atoms with Gasteiger partial charge in [-0.1, -0.05) is 103 Å². The summed E-state index contributed by atoms with van der Waals surface area (Å²) in [6, 6.07) is 58.1. The highest BCUT2D eigenvalue weighted by Crippen LogP contribution is 2.40. The van der Waals surface area contributed by atoms with Gasteiger partial charge in [-0.15, -0.1) is 0 Å². The van der Waals surface area contributed by atoms with E-state index in [1.165, 1.54) is 43.7 Å². The lowest BCUT2D eigenvalue weighted by Gasteiger charge is -2.26. The second kappa shape index (κ2) is 10.4. The molecule has 0 aliphatic rings. The first-order valence-corrected chi connectivity index (χ1v) is 14.6. The van der Waals surface area contributed by atoms with Gasteiger partial charge in [-0.2, -0.15) is 0 Å². The third-order valence-electron chi connectivity index (χ3n) is 8.29. The largest absolute Gasteiger partial charge is 0.310 e. The number of fused-ring (bicyclic) bond motifs is 4. The van der Waals surface area contributed by atoms with Crippen LogP contribution in [0.25, 0.3) is 49.4 Å². The molecule has 0 amide bonds. The molecule has 43 heavy (non-hydrogen) atoms. The van der Waals surface area contributed by atoms with E-state index in [2.05, 4.69) is 161 Å². The monoisotopic (exact) mass is 546 g/mol. The molecule has 0 atom stereocenters. The minimum absolute atomic E-state index is 0.747. The van der Waals surface area contributed by atoms with Gasteiger partial charge in [-0.05, 0) is 88.6 Å². The molecule has 2 nitrogen and oxygen atoms in total. The molecule has 0 bridgehead atoms. The van der Waals surface area contributed by atoms with Crippen molar-refractivity contribution < 1.29 is 0 Å². The van der Waals surface area contributed by atoms with Crippen LogP contribution in [-0.2, 0) is 0 Å². The van der Waals surface area contributed by atoms with Crippen LogP contribution in [0.3, 0.4) is 0 Å². The van der Waals surface area contributed by atoms with Crippen LogP contribution >= 0.6 is 0 Å². The van der Waals surface area contributed by atoms with Crippen molar-refractivity contribution in [2.75, 3.05) is 4.90 Å². The predicted octanol–water partition coefficient (Wildman–Crippen LogP) is 9.87. The number of para-hydroxylation sites is 2. The molecule has 0 spiro atoms. The van der Waals surface area contributed by atoms with Gasteiger partial charge in [0.1, 0.15) is 7.85 Å². The maximum absolute atomic E-state index is 6.10. The summed E-state index contributed by atoms with van der Waals surface area (Å²) >= 11 is 0. The average molecular weight is 546 g/mol. The van der Waals surface area contributed by atoms with Crippen LogP contribution in [0.1, 0.15) is 0 Å². The Hall–Kier alpha value is -5.54. The Kier molecular flexibility index (Phi) is 6.08. The molecule has 7 aromatic carbocycles. The van der Waals surface area contributed by atoms with E-state index in [1.54, 1.807) is 0 Å². The van der Waals surface area contributed by atoms with Gasteiger partial charge in [-0.3, -0.25) is 0 Å². The topological polar surface area (TPSA) is 8.17 Å². The molecule has 0 saturated heterocycles. The number of benzene rings is 7. The van der Waals surface area contributed by atoms with Gasteiger partial charge >= 0.3 is 0 Å². The second-order valence-electron chi connectivity index (χ2n) is 10.9. The zero-order valence-corrected chi connectivity index (χ0v) is 23.6. The second-order valence-corrected chi connectivity index (χ2v) is 10.9. The molecule has 200 valence electrons. The van der Waals surface area contributed by atoms with Crippen LogP contribution in [0.4, 0.5) is 17.1 Å². The molecule has 0 unspecified atom stereocenters. The molecule has 1 heterocycles. The van der Waals surface area contributed by atoms with E-state index in [4.69, 9.17) is 7.85 Å². The van der Waals surface area contributed by atoms with Gasteiger partial charge < -0.3 is 9.47 Å². The molecule has 0 N–H and O–H groups in total. The summed E-state index contributed by atoms with van der Waals surface area (Å²) in [4.78, 5) is 2.30. The summed E-state index contributed by atoms with van der Waals surface area (Å²) in [5.41, 5.74) is 9.90. The van der Waals surface area contributed by atoms with Crippen molar-refractivity contribution in [1.82, 2.24) is 4.57 Å². The van der Waals surface area contributed by atoms with Gasteiger partial charge in [0.05, 0.1) is 11.0 Å². The Balaban J connectivity index is 1.27. The first-order chi connectivity index (χ1) is 21.2. The lowest BCUT2D eigenvalue weighted by molar-refractivity contribution is 1.18. The molecule has 0 fully saturated rings. The summed E-state index contributed by atoms with van der Waals surface area (Å²) in [5, 5.41) is 4.94. The molecule has 0 saturated carbocycles. The smallest absolute Gasteiger partial charge is 0.113 e. The third-order valence-corrected chi connectivity index (χ3v) is 8.29. The van der Waals surface area contributed by atoms with Crippen molar-refractivity contribution in [3.63, 3.8) is 0 Å². The Labute approximate surface area is 252 Å². The molecular formula is C40H27BN2. The summed E-state index contributed by atoms with van der Waals surface area (Å²) in [7, 11) is 6.10. The number of nitrogens with zero attached hydrogens (tertiary/aromatic N) is 2. The van der Waals surface area contributed by atoms with Crippen LogP contribution < -0.4 is 10.4 Å². The fourth-order valence-corrected chi connectivity index (χ4v) is 6.20. The van der Waals surface area contributed by atoms with Crippen LogP contribution in [0, 0.1) is 0 Å². The van der Waals surface area contributed by atoms with Crippen LogP contribution in [0.2, 0.25) is 0 Å². The molecule has 3 heteroatoms. The van der Waals surface area contributed by atoms with Crippen LogP contribution in [0.15, 0.2) is 164 Å². The SMILES string of the molecule is [B]c1ccc(N(c2ccc(-c3ccc4ccccc4c3)cc2)c2ccc3c(c2)c2ccccc2n3-c2ccccc2)cc1. The Morgan fingerprint density at radius 1 is 0.419 bits per heavy atom. The fourth-order valence-electron chi connectivity index (χ4n) is 6.20. The lowest BCUT2D eigenvalue weighted by atomic mass is 9.96. The van der Waals surface area contributed by atoms with Crippen molar-refractivity contribution in [2.24, 2.45) is 0 Å². The maximum atomic E-state index is 6.10. The Morgan fingerprint density at radius 2 is 1.02 bits per heavy atom. The first kappa shape index (κ1) is 25.2. The van der Waals surface area contributed by atoms with E-state index in [1.807, 2.05) is 12.1 Å². The van der Waals surface area contributed by atoms with Gasteiger partial charge in [0, 0.05) is 33.5 Å². The molecule has 8 aromatic rings. The highest BCUT2D eigenvalue weighted by atomic mass is 15.1. The van der Waals surface area contributed by atoms with E-state index in [9.17, 15) is 0 Å². The highest BCUT2D eigenvalue weighted by Gasteiger charge is 2.17. The average Bonchev–Trinajstić information content (AvgIpc) is 3.40. The summed E-state index contributed by atoms with van der Waals surface area (Å²) in [5.74, 6) is 0. The molecule has 0 aliphatic carbocycles. The van der Waals surface area contributed by atoms with Crippen molar-refractivity contribution in [3.8, 4) is 16.8 Å². The van der Waals surface area contributed by atoms with Crippen molar-refractivity contribution in [1.29, 1.82) is 0 Å². The molecule has 1 aromatic heterocycles. The zero-order chi connectivity index (χ0) is 28.8. The van der Waals surface area contributed by atoms with E-state index in [0.29, 0.717) is 0 Å². The predicted molar refractivity (Wildman–Crippen MR) is 184 cm³/mol. The Bertz CT molecular complexity index is 2230. The lowest BCUT2D eigenvalue weighted by Crippen LogP contribution is -2.11. The number of hydrogen-bond donors (Lipinski definition) is 0. The maximum Gasteiger partial charge on any atom is 0.113 e. The summed E-state index contributed by atoms with van der Waals surface area (Å²) in [6.45, 7) is 0. The Morgan fingerprint density at radius 3 is 1.81 bits per heavy atom. The number of hydrogen-bond acceptors (Lipinski definition) is 1.